The van der Waals surface area contributed by atoms with Gasteiger partial charge in [0.2, 0.25) is 17.6 Å². The van der Waals surface area contributed by atoms with Gasteiger partial charge >= 0.3 is 0 Å². The van der Waals surface area contributed by atoms with Gasteiger partial charge in [-0.2, -0.15) is 4.98 Å². The van der Waals surface area contributed by atoms with Gasteiger partial charge in [0.15, 0.2) is 0 Å². The molecule has 0 unspecified atom stereocenters. The van der Waals surface area contributed by atoms with E-state index in [9.17, 15) is 4.79 Å². The molecule has 1 aromatic heterocycles. The first-order valence-electron chi connectivity index (χ1n) is 10.8. The molecule has 6 heteroatoms. The number of piperidine rings is 1. The van der Waals surface area contributed by atoms with Crippen molar-refractivity contribution >= 4 is 5.91 Å². The number of hydrogen-bond acceptors (Lipinski definition) is 5. The minimum atomic E-state index is 0.125. The fourth-order valence-electron chi connectivity index (χ4n) is 3.88. The van der Waals surface area contributed by atoms with E-state index < -0.39 is 0 Å². The van der Waals surface area contributed by atoms with Crippen LogP contribution in [0.1, 0.15) is 58.9 Å². The number of rotatable bonds is 6. The van der Waals surface area contributed by atoms with Crippen molar-refractivity contribution in [3.05, 3.63) is 35.7 Å². The molecule has 158 valence electrons. The summed E-state index contributed by atoms with van der Waals surface area (Å²) in [7, 11) is 0. The Morgan fingerprint density at radius 2 is 1.76 bits per heavy atom. The third-order valence-corrected chi connectivity index (χ3v) is 5.85. The van der Waals surface area contributed by atoms with Crippen molar-refractivity contribution in [2.45, 2.75) is 59.4 Å². The van der Waals surface area contributed by atoms with Crippen LogP contribution in [0.2, 0.25) is 0 Å². The number of amides is 1. The molecule has 0 N–H and O–H groups in total. The average Bonchev–Trinajstić information content (AvgIpc) is 3.17. The first kappa shape index (κ1) is 21.5. The summed E-state index contributed by atoms with van der Waals surface area (Å²) in [6, 6.07) is 8.37. The molecule has 1 amide bonds. The number of benzene rings is 1. The summed E-state index contributed by atoms with van der Waals surface area (Å²) < 4.78 is 5.49. The summed E-state index contributed by atoms with van der Waals surface area (Å²) in [5.41, 5.74) is 2.38. The van der Waals surface area contributed by atoms with Crippen LogP contribution in [0.4, 0.5) is 0 Å². The molecule has 0 atom stereocenters. The summed E-state index contributed by atoms with van der Waals surface area (Å²) in [6.07, 6.45) is 1.79. The average molecular weight is 399 g/mol. The molecule has 2 heterocycles. The van der Waals surface area contributed by atoms with E-state index in [4.69, 9.17) is 4.52 Å². The number of hydrogen-bond donors (Lipinski definition) is 0. The maximum Gasteiger partial charge on any atom is 0.241 e. The quantitative estimate of drug-likeness (QED) is 0.733. The summed E-state index contributed by atoms with van der Waals surface area (Å²) in [5, 5.41) is 4.16. The van der Waals surface area contributed by atoms with Crippen LogP contribution < -0.4 is 0 Å². The molecule has 0 spiro atoms. The smallest absolute Gasteiger partial charge is 0.241 e. The fraction of sp³-hybridized carbons (Fsp3) is 0.609. The molecule has 1 aliphatic heterocycles. The van der Waals surface area contributed by atoms with Crippen LogP contribution in [0.5, 0.6) is 0 Å². The van der Waals surface area contributed by atoms with Crippen LogP contribution >= 0.6 is 0 Å². The van der Waals surface area contributed by atoms with E-state index >= 15 is 0 Å². The van der Waals surface area contributed by atoms with Crippen LogP contribution in [0.15, 0.2) is 28.8 Å². The molecule has 6 nitrogen and oxygen atoms in total. The van der Waals surface area contributed by atoms with E-state index in [1.165, 1.54) is 5.56 Å². The Kier molecular flexibility index (Phi) is 6.73. The Bertz CT molecular complexity index is 795. The van der Waals surface area contributed by atoms with Crippen molar-refractivity contribution in [1.82, 2.24) is 19.9 Å². The van der Waals surface area contributed by atoms with Gasteiger partial charge in [-0.3, -0.25) is 9.69 Å². The molecule has 29 heavy (non-hydrogen) atoms. The molecule has 1 aliphatic rings. The van der Waals surface area contributed by atoms with E-state index in [0.717, 1.165) is 44.6 Å². The van der Waals surface area contributed by atoms with Crippen LogP contribution in [0, 0.1) is 5.92 Å². The van der Waals surface area contributed by atoms with Crippen molar-refractivity contribution < 1.29 is 9.32 Å². The molecule has 1 aromatic carbocycles. The Morgan fingerprint density at radius 1 is 1.14 bits per heavy atom. The lowest BCUT2D eigenvalue weighted by molar-refractivity contribution is -0.136. The Balaban J connectivity index is 1.55. The van der Waals surface area contributed by atoms with E-state index in [2.05, 4.69) is 60.1 Å². The summed E-state index contributed by atoms with van der Waals surface area (Å²) in [4.78, 5) is 21.4. The number of carbonyl (C=O) groups is 1. The predicted molar refractivity (Wildman–Crippen MR) is 114 cm³/mol. The normalized spacial score (nSPS) is 16.2. The monoisotopic (exact) mass is 398 g/mol. The van der Waals surface area contributed by atoms with E-state index in [-0.39, 0.29) is 11.3 Å². The first-order valence-corrected chi connectivity index (χ1v) is 10.8. The lowest BCUT2D eigenvalue weighted by Crippen LogP contribution is -2.42. The van der Waals surface area contributed by atoms with Gasteiger partial charge < -0.3 is 9.42 Å². The molecular weight excluding hydrogens is 364 g/mol. The minimum Gasteiger partial charge on any atom is -0.343 e. The van der Waals surface area contributed by atoms with Gasteiger partial charge in [0, 0.05) is 24.6 Å². The third kappa shape index (κ3) is 5.24. The number of aromatic nitrogens is 2. The first-order chi connectivity index (χ1) is 13.8. The third-order valence-electron chi connectivity index (χ3n) is 5.85. The summed E-state index contributed by atoms with van der Waals surface area (Å²) >= 11 is 0. The van der Waals surface area contributed by atoms with Gasteiger partial charge in [0.1, 0.15) is 0 Å². The minimum absolute atomic E-state index is 0.125. The second-order valence-electron chi connectivity index (χ2n) is 8.90. The Morgan fingerprint density at radius 3 is 2.31 bits per heavy atom. The van der Waals surface area contributed by atoms with Crippen LogP contribution in [-0.4, -0.2) is 52.0 Å². The zero-order chi connectivity index (χ0) is 21.0. The molecule has 1 saturated heterocycles. The van der Waals surface area contributed by atoms with Gasteiger partial charge in [-0.25, -0.2) is 0 Å². The molecular formula is C23H34N4O2. The van der Waals surface area contributed by atoms with Gasteiger partial charge in [-0.15, -0.1) is 0 Å². The highest BCUT2D eigenvalue weighted by atomic mass is 16.5. The zero-order valence-electron chi connectivity index (χ0n) is 18.4. The largest absolute Gasteiger partial charge is 0.343 e. The molecule has 2 aromatic rings. The SMILES string of the molecule is CCN(CC)C(=O)C1CCN(Cc2nc(-c3ccc(C(C)(C)C)cc3)no2)CC1. The van der Waals surface area contributed by atoms with Crippen LogP contribution in [0.3, 0.4) is 0 Å². The van der Waals surface area contributed by atoms with E-state index in [1.807, 2.05) is 18.7 Å². The van der Waals surface area contributed by atoms with Gasteiger partial charge in [-0.1, -0.05) is 50.2 Å². The zero-order valence-corrected chi connectivity index (χ0v) is 18.4. The van der Waals surface area contributed by atoms with Crippen molar-refractivity contribution in [3.8, 4) is 11.4 Å². The molecule has 1 fully saturated rings. The predicted octanol–water partition coefficient (Wildman–Crippen LogP) is 4.11. The van der Waals surface area contributed by atoms with Crippen LogP contribution in [-0.2, 0) is 16.8 Å². The second-order valence-corrected chi connectivity index (χ2v) is 8.90. The lowest BCUT2D eigenvalue weighted by Gasteiger charge is -2.32. The fourth-order valence-corrected chi connectivity index (χ4v) is 3.88. The summed E-state index contributed by atoms with van der Waals surface area (Å²) in [5.74, 6) is 1.71. The van der Waals surface area contributed by atoms with E-state index in [0.29, 0.717) is 24.2 Å². The molecule has 3 rings (SSSR count). The topological polar surface area (TPSA) is 62.5 Å². The van der Waals surface area contributed by atoms with E-state index in [1.54, 1.807) is 0 Å². The van der Waals surface area contributed by atoms with Crippen molar-refractivity contribution in [2.75, 3.05) is 26.2 Å². The maximum atomic E-state index is 12.5. The number of likely N-dealkylation sites (tertiary alicyclic amines) is 1. The highest BCUT2D eigenvalue weighted by molar-refractivity contribution is 5.78. The molecule has 0 saturated carbocycles. The number of nitrogens with zero attached hydrogens (tertiary/aromatic N) is 4. The molecule has 0 bridgehead atoms. The van der Waals surface area contributed by atoms with Crippen LogP contribution in [0.25, 0.3) is 11.4 Å². The Hall–Kier alpha value is -2.21. The second kappa shape index (κ2) is 9.08. The van der Waals surface area contributed by atoms with Gasteiger partial charge in [-0.05, 0) is 50.8 Å². The summed E-state index contributed by atoms with van der Waals surface area (Å²) in [6.45, 7) is 14.7. The Labute approximate surface area is 174 Å². The van der Waals surface area contributed by atoms with Crippen molar-refractivity contribution in [2.24, 2.45) is 5.92 Å². The van der Waals surface area contributed by atoms with Gasteiger partial charge in [0.05, 0.1) is 6.54 Å². The highest BCUT2D eigenvalue weighted by Gasteiger charge is 2.28. The van der Waals surface area contributed by atoms with Crippen molar-refractivity contribution in [1.29, 1.82) is 0 Å². The standard InChI is InChI=1S/C23H34N4O2/c1-6-27(7-2)22(28)18-12-14-26(15-13-18)16-20-24-21(25-29-20)17-8-10-19(11-9-17)23(3,4)5/h8-11,18H,6-7,12-16H2,1-5H3. The van der Waals surface area contributed by atoms with Gasteiger partial charge in [0.25, 0.3) is 0 Å². The molecule has 0 radical (unpaired) electrons. The maximum absolute atomic E-state index is 12.5. The molecule has 0 aliphatic carbocycles. The number of carbonyl (C=O) groups excluding carboxylic acids is 1. The van der Waals surface area contributed by atoms with Crippen molar-refractivity contribution in [3.63, 3.8) is 0 Å². The highest BCUT2D eigenvalue weighted by Crippen LogP contribution is 2.25. The lowest BCUT2D eigenvalue weighted by atomic mass is 9.87.